The van der Waals surface area contributed by atoms with E-state index in [4.69, 9.17) is 19.9 Å². The fourth-order valence-electron chi connectivity index (χ4n) is 7.41. The molecule has 0 amide bonds. The molecule has 0 aliphatic heterocycles. The summed E-state index contributed by atoms with van der Waals surface area (Å²) in [6, 6.07) is 69.1. The molecule has 0 saturated heterocycles. The molecule has 2 heterocycles. The second-order valence-electron chi connectivity index (χ2n) is 13.5. The maximum absolute atomic E-state index is 5.24. The molecule has 8 aromatic carbocycles. The summed E-state index contributed by atoms with van der Waals surface area (Å²) in [4.78, 5) is 23.1. The van der Waals surface area contributed by atoms with Crippen molar-refractivity contribution in [1.29, 1.82) is 0 Å². The summed E-state index contributed by atoms with van der Waals surface area (Å²) in [7, 11) is 0. The van der Waals surface area contributed by atoms with Crippen LogP contribution in [0.25, 0.3) is 77.9 Å². The lowest BCUT2D eigenvalue weighted by molar-refractivity contribution is 1.27. The molecule has 0 bridgehead atoms. The Hall–Kier alpha value is -7.50. The Kier molecular flexibility index (Phi) is 8.08. The number of fused-ring (bicyclic) bond motifs is 3. The lowest BCUT2D eigenvalue weighted by Gasteiger charge is -2.28. The molecule has 10 aromatic rings. The smallest absolute Gasteiger partial charge is 0.0973 e. The number of hydrogen-bond acceptors (Lipinski definition) is 5. The normalized spacial score (nSPS) is 11.3. The third-order valence-electron chi connectivity index (χ3n) is 10.00. The van der Waals surface area contributed by atoms with Crippen molar-refractivity contribution in [3.8, 4) is 45.0 Å². The summed E-state index contributed by atoms with van der Waals surface area (Å²) in [5.74, 6) is 0. The molecule has 5 heteroatoms. The Morgan fingerprint density at radius 2 is 0.655 bits per heavy atom. The zero-order valence-electron chi connectivity index (χ0n) is 29.8. The van der Waals surface area contributed by atoms with E-state index in [1.807, 2.05) is 84.9 Å². The molecule has 0 spiro atoms. The molecule has 0 atom stereocenters. The zero-order valence-corrected chi connectivity index (χ0v) is 29.8. The maximum Gasteiger partial charge on any atom is 0.0973 e. The van der Waals surface area contributed by atoms with E-state index >= 15 is 0 Å². The van der Waals surface area contributed by atoms with Gasteiger partial charge in [0.15, 0.2) is 0 Å². The van der Waals surface area contributed by atoms with Crippen molar-refractivity contribution < 1.29 is 0 Å². The molecular formula is C50H33N5. The van der Waals surface area contributed by atoms with Crippen molar-refractivity contribution in [2.45, 2.75) is 0 Å². The van der Waals surface area contributed by atoms with Crippen LogP contribution in [0.15, 0.2) is 200 Å². The Labute approximate surface area is 318 Å². The molecule has 0 radical (unpaired) electrons. The molecule has 5 nitrogen and oxygen atoms in total. The van der Waals surface area contributed by atoms with Crippen molar-refractivity contribution in [3.63, 3.8) is 0 Å². The van der Waals surface area contributed by atoms with E-state index < -0.39 is 0 Å². The van der Waals surface area contributed by atoms with Gasteiger partial charge >= 0.3 is 0 Å². The summed E-state index contributed by atoms with van der Waals surface area (Å²) in [6.07, 6.45) is 0. The van der Waals surface area contributed by atoms with Crippen molar-refractivity contribution in [2.24, 2.45) is 0 Å². The van der Waals surface area contributed by atoms with E-state index in [-0.39, 0.29) is 0 Å². The standard InChI is InChI=1S/C50H33N5/c1-3-17-35(18-4-1)47-49(53-44-29-11-9-27-42(44)51-47)37-22-13-24-39(32-37)55(46-31-15-21-34-16-7-8-26-41(34)46)40-25-14-23-38(33-40)50-48(36-19-5-2-6-20-36)52-43-28-10-12-30-45(43)54-50/h1-33H. The highest BCUT2D eigenvalue weighted by Gasteiger charge is 2.20. The van der Waals surface area contributed by atoms with Gasteiger partial charge in [0.2, 0.25) is 0 Å². The summed E-state index contributed by atoms with van der Waals surface area (Å²) in [6.45, 7) is 0. The Balaban J connectivity index is 1.19. The van der Waals surface area contributed by atoms with E-state index in [0.29, 0.717) is 0 Å². The number of aromatic nitrogens is 4. The average Bonchev–Trinajstić information content (AvgIpc) is 3.26. The minimum absolute atomic E-state index is 0.831. The average molecular weight is 704 g/mol. The van der Waals surface area contributed by atoms with Gasteiger partial charge in [-0.1, -0.05) is 146 Å². The number of hydrogen-bond donors (Lipinski definition) is 0. The Morgan fingerprint density at radius 1 is 0.291 bits per heavy atom. The van der Waals surface area contributed by atoms with Gasteiger partial charge in [0, 0.05) is 39.0 Å². The molecule has 10 rings (SSSR count). The van der Waals surface area contributed by atoms with Crippen LogP contribution >= 0.6 is 0 Å². The quantitative estimate of drug-likeness (QED) is 0.165. The fraction of sp³-hybridized carbons (Fsp3) is 0. The molecule has 0 fully saturated rings. The van der Waals surface area contributed by atoms with Gasteiger partial charge in [-0.05, 0) is 60.0 Å². The molecule has 0 aliphatic carbocycles. The lowest BCUT2D eigenvalue weighted by atomic mass is 10.0. The van der Waals surface area contributed by atoms with Crippen molar-refractivity contribution in [3.05, 3.63) is 200 Å². The summed E-state index contributed by atoms with van der Waals surface area (Å²) >= 11 is 0. The van der Waals surface area contributed by atoms with Crippen molar-refractivity contribution in [2.75, 3.05) is 4.90 Å². The van der Waals surface area contributed by atoms with Crippen LogP contribution in [-0.2, 0) is 0 Å². The second-order valence-corrected chi connectivity index (χ2v) is 13.5. The summed E-state index contributed by atoms with van der Waals surface area (Å²) < 4.78 is 0. The van der Waals surface area contributed by atoms with E-state index in [1.165, 1.54) is 0 Å². The van der Waals surface area contributed by atoms with E-state index in [1.54, 1.807) is 0 Å². The summed E-state index contributed by atoms with van der Waals surface area (Å²) in [5, 5.41) is 2.31. The summed E-state index contributed by atoms with van der Waals surface area (Å²) in [5.41, 5.74) is 13.8. The van der Waals surface area contributed by atoms with Crippen LogP contribution in [0.5, 0.6) is 0 Å². The van der Waals surface area contributed by atoms with Gasteiger partial charge in [0.1, 0.15) is 0 Å². The highest BCUT2D eigenvalue weighted by Crippen LogP contribution is 2.43. The van der Waals surface area contributed by atoms with Gasteiger partial charge in [-0.15, -0.1) is 0 Å². The molecule has 55 heavy (non-hydrogen) atoms. The largest absolute Gasteiger partial charge is 0.310 e. The van der Waals surface area contributed by atoms with Crippen LogP contribution < -0.4 is 4.90 Å². The molecule has 0 unspecified atom stereocenters. The van der Waals surface area contributed by atoms with Gasteiger partial charge in [0.25, 0.3) is 0 Å². The van der Waals surface area contributed by atoms with Crippen LogP contribution in [-0.4, -0.2) is 19.9 Å². The first kappa shape index (κ1) is 32.2. The minimum Gasteiger partial charge on any atom is -0.310 e. The van der Waals surface area contributed by atoms with Gasteiger partial charge in [-0.2, -0.15) is 0 Å². The molecule has 0 saturated carbocycles. The van der Waals surface area contributed by atoms with E-state index in [0.717, 1.165) is 94.9 Å². The van der Waals surface area contributed by atoms with Crippen LogP contribution in [0.2, 0.25) is 0 Å². The predicted molar refractivity (Wildman–Crippen MR) is 227 cm³/mol. The first-order valence-electron chi connectivity index (χ1n) is 18.4. The van der Waals surface area contributed by atoms with Gasteiger partial charge < -0.3 is 4.90 Å². The number of nitrogens with zero attached hydrogens (tertiary/aromatic N) is 5. The highest BCUT2D eigenvalue weighted by atomic mass is 15.1. The van der Waals surface area contributed by atoms with Crippen molar-refractivity contribution >= 4 is 49.9 Å². The Morgan fingerprint density at radius 3 is 1.15 bits per heavy atom. The number of anilines is 3. The number of rotatable bonds is 7. The minimum atomic E-state index is 0.831. The van der Waals surface area contributed by atoms with Crippen LogP contribution in [0.1, 0.15) is 0 Å². The Bertz CT molecular complexity index is 2830. The van der Waals surface area contributed by atoms with Gasteiger partial charge in [0.05, 0.1) is 50.5 Å². The topological polar surface area (TPSA) is 54.8 Å². The third kappa shape index (κ3) is 6.04. The molecule has 2 aromatic heterocycles. The second kappa shape index (κ2) is 13.8. The molecule has 0 aliphatic rings. The van der Waals surface area contributed by atoms with Crippen LogP contribution in [0.3, 0.4) is 0 Å². The zero-order chi connectivity index (χ0) is 36.6. The highest BCUT2D eigenvalue weighted by molar-refractivity contribution is 6.00. The lowest BCUT2D eigenvalue weighted by Crippen LogP contribution is -2.11. The molecule has 0 N–H and O–H groups in total. The van der Waals surface area contributed by atoms with Crippen molar-refractivity contribution in [1.82, 2.24) is 19.9 Å². The predicted octanol–water partition coefficient (Wildman–Crippen LogP) is 12.9. The van der Waals surface area contributed by atoms with Crippen LogP contribution in [0, 0.1) is 0 Å². The molecule has 258 valence electrons. The number of benzene rings is 8. The van der Waals surface area contributed by atoms with Gasteiger partial charge in [-0.3, -0.25) is 0 Å². The van der Waals surface area contributed by atoms with Gasteiger partial charge in [-0.25, -0.2) is 19.9 Å². The molecular weight excluding hydrogens is 671 g/mol. The SMILES string of the molecule is c1ccc(-c2nc3ccccc3nc2-c2cccc(N(c3cccc(-c4nc5ccccc5nc4-c4ccccc4)c3)c3cccc4ccccc34)c2)cc1. The van der Waals surface area contributed by atoms with E-state index in [2.05, 4.69) is 120 Å². The third-order valence-corrected chi connectivity index (χ3v) is 10.00. The fourth-order valence-corrected chi connectivity index (χ4v) is 7.41. The van der Waals surface area contributed by atoms with Crippen LogP contribution in [0.4, 0.5) is 17.1 Å². The number of para-hydroxylation sites is 4. The van der Waals surface area contributed by atoms with E-state index in [9.17, 15) is 0 Å². The monoisotopic (exact) mass is 703 g/mol. The maximum atomic E-state index is 5.24. The first-order valence-corrected chi connectivity index (χ1v) is 18.4. The first-order chi connectivity index (χ1) is 27.3.